The molecule has 2 amide bonds. The van der Waals surface area contributed by atoms with Crippen LogP contribution in [0.1, 0.15) is 42.6 Å². The van der Waals surface area contributed by atoms with Gasteiger partial charge in [0.05, 0.1) is 13.0 Å². The van der Waals surface area contributed by atoms with E-state index in [0.29, 0.717) is 38.2 Å². The van der Waals surface area contributed by atoms with E-state index < -0.39 is 0 Å². The van der Waals surface area contributed by atoms with Gasteiger partial charge in [-0.25, -0.2) is 0 Å². The Labute approximate surface area is 143 Å². The molecule has 0 heterocycles. The number of ether oxygens (including phenoxy) is 1. The average molecular weight is 334 g/mol. The number of rotatable bonds is 9. The number of esters is 1. The monoisotopic (exact) mass is 334 g/mol. The zero-order chi connectivity index (χ0) is 17.9. The Hall–Kier alpha value is -2.37. The minimum absolute atomic E-state index is 0.0991. The van der Waals surface area contributed by atoms with Crippen molar-refractivity contribution in [1.29, 1.82) is 0 Å². The number of hydrogen-bond donors (Lipinski definition) is 1. The van der Waals surface area contributed by atoms with Crippen LogP contribution in [-0.4, -0.2) is 48.9 Å². The zero-order valence-corrected chi connectivity index (χ0v) is 14.6. The zero-order valence-electron chi connectivity index (χ0n) is 14.6. The largest absolute Gasteiger partial charge is 0.466 e. The van der Waals surface area contributed by atoms with Gasteiger partial charge >= 0.3 is 5.97 Å². The van der Waals surface area contributed by atoms with Gasteiger partial charge in [0, 0.05) is 32.1 Å². The lowest BCUT2D eigenvalue weighted by molar-refractivity contribution is -0.143. The second-order valence-electron chi connectivity index (χ2n) is 5.55. The summed E-state index contributed by atoms with van der Waals surface area (Å²) in [6, 6.07) is 7.33. The van der Waals surface area contributed by atoms with E-state index in [1.54, 1.807) is 24.0 Å². The number of hydrogen-bond acceptors (Lipinski definition) is 4. The molecule has 0 unspecified atom stereocenters. The van der Waals surface area contributed by atoms with E-state index in [4.69, 9.17) is 4.74 Å². The number of nitrogens with zero attached hydrogens (tertiary/aromatic N) is 1. The Bertz CT molecular complexity index is 555. The fourth-order valence-corrected chi connectivity index (χ4v) is 2.19. The van der Waals surface area contributed by atoms with Crippen LogP contribution in [0.4, 0.5) is 0 Å². The van der Waals surface area contributed by atoms with Crippen LogP contribution in [0, 0.1) is 6.92 Å². The van der Waals surface area contributed by atoms with Crippen molar-refractivity contribution in [3.63, 3.8) is 0 Å². The highest BCUT2D eigenvalue weighted by atomic mass is 16.5. The lowest BCUT2D eigenvalue weighted by Gasteiger charge is -2.22. The van der Waals surface area contributed by atoms with Crippen molar-refractivity contribution >= 4 is 17.8 Å². The molecule has 0 bridgehead atoms. The van der Waals surface area contributed by atoms with E-state index in [9.17, 15) is 14.4 Å². The summed E-state index contributed by atoms with van der Waals surface area (Å²) in [4.78, 5) is 36.7. The molecule has 0 aliphatic rings. The third-order valence-electron chi connectivity index (χ3n) is 3.46. The van der Waals surface area contributed by atoms with Gasteiger partial charge in [-0.2, -0.15) is 0 Å². The second-order valence-corrected chi connectivity index (χ2v) is 5.55. The van der Waals surface area contributed by atoms with E-state index in [-0.39, 0.29) is 24.2 Å². The molecule has 6 heteroatoms. The number of carbonyl (C=O) groups is 3. The van der Waals surface area contributed by atoms with Gasteiger partial charge in [0.1, 0.15) is 0 Å². The standard InChI is InChI=1S/C18H26N2O4/c1-4-24-17(22)10-13-20(12-5-11-19-15(3)21)18(23)16-8-6-14(2)7-9-16/h6-9H,4-5,10-13H2,1-3H3,(H,19,21). The van der Waals surface area contributed by atoms with Crippen molar-refractivity contribution in [2.24, 2.45) is 0 Å². The first kappa shape index (κ1) is 19.7. The molecule has 132 valence electrons. The molecule has 1 rings (SSSR count). The predicted molar refractivity (Wildman–Crippen MR) is 91.6 cm³/mol. The molecular weight excluding hydrogens is 308 g/mol. The van der Waals surface area contributed by atoms with Crippen molar-refractivity contribution < 1.29 is 19.1 Å². The van der Waals surface area contributed by atoms with Crippen LogP contribution in [0.25, 0.3) is 0 Å². The number of aryl methyl sites for hydroxylation is 1. The number of nitrogens with one attached hydrogen (secondary N) is 1. The lowest BCUT2D eigenvalue weighted by atomic mass is 10.1. The van der Waals surface area contributed by atoms with Crippen LogP contribution in [0.15, 0.2) is 24.3 Å². The van der Waals surface area contributed by atoms with Crippen molar-refractivity contribution in [2.45, 2.75) is 33.6 Å². The molecular formula is C18H26N2O4. The Morgan fingerprint density at radius 1 is 1.12 bits per heavy atom. The summed E-state index contributed by atoms with van der Waals surface area (Å²) in [5, 5.41) is 2.70. The first-order valence-electron chi connectivity index (χ1n) is 8.20. The number of carbonyl (C=O) groups excluding carboxylic acids is 3. The molecule has 1 aromatic rings. The quantitative estimate of drug-likeness (QED) is 0.553. The summed E-state index contributed by atoms with van der Waals surface area (Å²) in [5.74, 6) is -0.541. The molecule has 0 saturated carbocycles. The molecule has 0 spiro atoms. The summed E-state index contributed by atoms with van der Waals surface area (Å²) in [5.41, 5.74) is 1.67. The van der Waals surface area contributed by atoms with E-state index in [1.165, 1.54) is 6.92 Å². The third kappa shape index (κ3) is 7.26. The topological polar surface area (TPSA) is 75.7 Å². The maximum atomic E-state index is 12.6. The summed E-state index contributed by atoms with van der Waals surface area (Å²) in [7, 11) is 0. The van der Waals surface area contributed by atoms with E-state index in [0.717, 1.165) is 5.56 Å². The second kappa shape index (κ2) is 10.4. The van der Waals surface area contributed by atoms with E-state index in [2.05, 4.69) is 5.32 Å². The minimum atomic E-state index is -0.318. The maximum Gasteiger partial charge on any atom is 0.307 e. The highest BCUT2D eigenvalue weighted by molar-refractivity contribution is 5.94. The molecule has 1 aromatic carbocycles. The summed E-state index contributed by atoms with van der Waals surface area (Å²) >= 11 is 0. The smallest absolute Gasteiger partial charge is 0.307 e. The highest BCUT2D eigenvalue weighted by Crippen LogP contribution is 2.09. The molecule has 6 nitrogen and oxygen atoms in total. The number of benzene rings is 1. The Morgan fingerprint density at radius 3 is 2.38 bits per heavy atom. The van der Waals surface area contributed by atoms with Crippen LogP contribution in [0.3, 0.4) is 0 Å². The number of amides is 2. The van der Waals surface area contributed by atoms with Crippen LogP contribution < -0.4 is 5.32 Å². The van der Waals surface area contributed by atoms with Gasteiger partial charge in [0.15, 0.2) is 0 Å². The summed E-state index contributed by atoms with van der Waals surface area (Å²) in [6.07, 6.45) is 0.783. The average Bonchev–Trinajstić information content (AvgIpc) is 2.54. The Balaban J connectivity index is 2.67. The van der Waals surface area contributed by atoms with Gasteiger partial charge in [-0.05, 0) is 32.4 Å². The van der Waals surface area contributed by atoms with Gasteiger partial charge < -0.3 is 15.0 Å². The normalized spacial score (nSPS) is 10.1. The third-order valence-corrected chi connectivity index (χ3v) is 3.46. The molecule has 0 saturated heterocycles. The van der Waals surface area contributed by atoms with Crippen LogP contribution in [0.2, 0.25) is 0 Å². The maximum absolute atomic E-state index is 12.6. The van der Waals surface area contributed by atoms with Crippen molar-refractivity contribution in [3.05, 3.63) is 35.4 Å². The first-order chi connectivity index (χ1) is 11.4. The summed E-state index contributed by atoms with van der Waals surface area (Å²) < 4.78 is 4.92. The van der Waals surface area contributed by atoms with Gasteiger partial charge in [0.2, 0.25) is 5.91 Å². The Kier molecular flexibility index (Phi) is 8.54. The van der Waals surface area contributed by atoms with Gasteiger partial charge in [-0.1, -0.05) is 17.7 Å². The van der Waals surface area contributed by atoms with E-state index >= 15 is 0 Å². The van der Waals surface area contributed by atoms with Crippen LogP contribution in [0.5, 0.6) is 0 Å². The molecule has 0 aliphatic carbocycles. The van der Waals surface area contributed by atoms with Crippen LogP contribution >= 0.6 is 0 Å². The Morgan fingerprint density at radius 2 is 1.79 bits per heavy atom. The predicted octanol–water partition coefficient (Wildman–Crippen LogP) is 1.92. The molecule has 0 aliphatic heterocycles. The lowest BCUT2D eigenvalue weighted by Crippen LogP contribution is -2.36. The van der Waals surface area contributed by atoms with Gasteiger partial charge in [-0.15, -0.1) is 0 Å². The fourth-order valence-electron chi connectivity index (χ4n) is 2.19. The van der Waals surface area contributed by atoms with Gasteiger partial charge in [-0.3, -0.25) is 14.4 Å². The highest BCUT2D eigenvalue weighted by Gasteiger charge is 2.17. The van der Waals surface area contributed by atoms with Crippen molar-refractivity contribution in [1.82, 2.24) is 10.2 Å². The summed E-state index contributed by atoms with van der Waals surface area (Å²) in [6.45, 7) is 6.74. The fraction of sp³-hybridized carbons (Fsp3) is 0.500. The first-order valence-corrected chi connectivity index (χ1v) is 8.20. The molecule has 1 N–H and O–H groups in total. The van der Waals surface area contributed by atoms with Crippen molar-refractivity contribution in [3.8, 4) is 0 Å². The molecule has 0 aromatic heterocycles. The molecule has 24 heavy (non-hydrogen) atoms. The SMILES string of the molecule is CCOC(=O)CCN(CCCNC(C)=O)C(=O)c1ccc(C)cc1. The molecule has 0 fully saturated rings. The van der Waals surface area contributed by atoms with Crippen LogP contribution in [-0.2, 0) is 14.3 Å². The molecule has 0 atom stereocenters. The minimum Gasteiger partial charge on any atom is -0.466 e. The van der Waals surface area contributed by atoms with E-state index in [1.807, 2.05) is 19.1 Å². The van der Waals surface area contributed by atoms with Crippen molar-refractivity contribution in [2.75, 3.05) is 26.2 Å². The molecule has 0 radical (unpaired) electrons. The van der Waals surface area contributed by atoms with Gasteiger partial charge in [0.25, 0.3) is 5.91 Å².